The van der Waals surface area contributed by atoms with Crippen LogP contribution < -0.4 is 4.90 Å². The zero-order valence-corrected chi connectivity index (χ0v) is 14.8. The summed E-state index contributed by atoms with van der Waals surface area (Å²) in [7, 11) is 0. The lowest BCUT2D eigenvalue weighted by Gasteiger charge is -2.35. The molecular formula is C20H24N2O. The number of allylic oxidation sites excluding steroid dienone is 1. The van der Waals surface area contributed by atoms with Crippen LogP contribution in [-0.2, 0) is 0 Å². The lowest BCUT2D eigenvalue weighted by atomic mass is 10.0. The Labute approximate surface area is 137 Å². The molecule has 0 radical (unpaired) electrons. The second kappa shape index (κ2) is 5.41. The maximum absolute atomic E-state index is 6.18. The average Bonchev–Trinajstić information content (AvgIpc) is 2.81. The number of hydrogen-bond donors (Lipinski definition) is 0. The van der Waals surface area contributed by atoms with Gasteiger partial charge in [-0.05, 0) is 59.2 Å². The van der Waals surface area contributed by atoms with Crippen LogP contribution in [0.3, 0.4) is 0 Å². The molecule has 2 heterocycles. The van der Waals surface area contributed by atoms with Crippen molar-refractivity contribution < 1.29 is 4.42 Å². The van der Waals surface area contributed by atoms with E-state index in [1.165, 1.54) is 5.56 Å². The van der Waals surface area contributed by atoms with Crippen molar-refractivity contribution in [3.63, 3.8) is 0 Å². The summed E-state index contributed by atoms with van der Waals surface area (Å²) in [4.78, 5) is 6.83. The van der Waals surface area contributed by atoms with Crippen molar-refractivity contribution in [3.05, 3.63) is 47.8 Å². The number of furan rings is 1. The van der Waals surface area contributed by atoms with Crippen molar-refractivity contribution in [1.29, 1.82) is 0 Å². The Morgan fingerprint density at radius 1 is 1.04 bits per heavy atom. The van der Waals surface area contributed by atoms with Gasteiger partial charge in [-0.25, -0.2) is 4.98 Å². The van der Waals surface area contributed by atoms with E-state index in [9.17, 15) is 0 Å². The van der Waals surface area contributed by atoms with Crippen LogP contribution in [0.4, 0.5) is 5.69 Å². The summed E-state index contributed by atoms with van der Waals surface area (Å²) in [6.45, 7) is 12.8. The smallest absolute Gasteiger partial charge is 0.227 e. The summed E-state index contributed by atoms with van der Waals surface area (Å²) in [6, 6.07) is 8.42. The summed E-state index contributed by atoms with van der Waals surface area (Å²) < 4.78 is 6.18. The van der Waals surface area contributed by atoms with Crippen molar-refractivity contribution in [1.82, 2.24) is 4.98 Å². The van der Waals surface area contributed by atoms with Crippen LogP contribution >= 0.6 is 0 Å². The molecule has 0 amide bonds. The van der Waals surface area contributed by atoms with E-state index in [-0.39, 0.29) is 5.54 Å². The topological polar surface area (TPSA) is 29.3 Å². The Balaban J connectivity index is 2.39. The van der Waals surface area contributed by atoms with Crippen LogP contribution in [-0.4, -0.2) is 10.5 Å². The molecule has 0 aliphatic heterocycles. The summed E-state index contributed by atoms with van der Waals surface area (Å²) >= 11 is 0. The molecule has 0 unspecified atom stereocenters. The van der Waals surface area contributed by atoms with Gasteiger partial charge in [-0.2, -0.15) is 0 Å². The van der Waals surface area contributed by atoms with Crippen molar-refractivity contribution in [2.75, 3.05) is 4.90 Å². The van der Waals surface area contributed by atoms with Crippen LogP contribution in [0.5, 0.6) is 0 Å². The lowest BCUT2D eigenvalue weighted by Crippen LogP contribution is -2.37. The van der Waals surface area contributed by atoms with Crippen LogP contribution in [0, 0.1) is 13.8 Å². The number of nitrogens with zero attached hydrogens (tertiary/aromatic N) is 2. The van der Waals surface area contributed by atoms with E-state index >= 15 is 0 Å². The fourth-order valence-electron chi connectivity index (χ4n) is 2.98. The average molecular weight is 308 g/mol. The fraction of sp³-hybridized carbons (Fsp3) is 0.350. The molecule has 0 spiro atoms. The minimum Gasteiger partial charge on any atom is -0.435 e. The van der Waals surface area contributed by atoms with Gasteiger partial charge >= 0.3 is 0 Å². The highest BCUT2D eigenvalue weighted by atomic mass is 16.3. The summed E-state index contributed by atoms with van der Waals surface area (Å²) in [5.41, 5.74) is 4.85. The molecule has 23 heavy (non-hydrogen) atoms. The number of rotatable bonds is 2. The molecule has 0 N–H and O–H groups in total. The Morgan fingerprint density at radius 3 is 2.39 bits per heavy atom. The Hall–Kier alpha value is -2.29. The highest BCUT2D eigenvalue weighted by Crippen LogP contribution is 2.39. The fourth-order valence-corrected chi connectivity index (χ4v) is 2.98. The van der Waals surface area contributed by atoms with Crippen molar-refractivity contribution in [2.45, 2.75) is 47.1 Å². The van der Waals surface area contributed by atoms with E-state index in [2.05, 4.69) is 68.1 Å². The van der Waals surface area contributed by atoms with E-state index < -0.39 is 0 Å². The first kappa shape index (κ1) is 15.6. The molecule has 0 atom stereocenters. The molecule has 0 saturated carbocycles. The molecule has 3 aromatic rings. The third-order valence-electron chi connectivity index (χ3n) is 4.08. The van der Waals surface area contributed by atoms with Gasteiger partial charge in [0.25, 0.3) is 0 Å². The Kier molecular flexibility index (Phi) is 3.67. The van der Waals surface area contributed by atoms with Gasteiger partial charge in [0.1, 0.15) is 0 Å². The number of pyridine rings is 1. The van der Waals surface area contributed by atoms with E-state index in [0.717, 1.165) is 27.7 Å². The van der Waals surface area contributed by atoms with Gasteiger partial charge in [-0.15, -0.1) is 0 Å². The molecule has 0 fully saturated rings. The highest BCUT2D eigenvalue weighted by Gasteiger charge is 2.25. The number of anilines is 1. The number of benzene rings is 1. The Morgan fingerprint density at radius 2 is 1.74 bits per heavy atom. The minimum absolute atomic E-state index is 0.0477. The maximum Gasteiger partial charge on any atom is 0.227 e. The lowest BCUT2D eigenvalue weighted by molar-refractivity contribution is 0.550. The van der Waals surface area contributed by atoms with Crippen molar-refractivity contribution in [3.8, 4) is 0 Å². The molecular weight excluding hydrogens is 284 g/mol. The van der Waals surface area contributed by atoms with E-state index in [1.54, 1.807) is 0 Å². The maximum atomic E-state index is 6.18. The zero-order chi connectivity index (χ0) is 16.8. The highest BCUT2D eigenvalue weighted by molar-refractivity contribution is 6.08. The van der Waals surface area contributed by atoms with Gasteiger partial charge in [0.2, 0.25) is 5.71 Å². The van der Waals surface area contributed by atoms with Crippen molar-refractivity contribution >= 4 is 27.8 Å². The molecule has 1 aromatic carbocycles. The SMILES string of the molecule is C/C=C\N(c1c(C)ccc2c1oc1nc(C)ccc12)C(C)(C)C. The quantitative estimate of drug-likeness (QED) is 0.605. The second-order valence-electron chi connectivity index (χ2n) is 7.04. The largest absolute Gasteiger partial charge is 0.435 e. The predicted octanol–water partition coefficient (Wildman–Crippen LogP) is 5.74. The van der Waals surface area contributed by atoms with Gasteiger partial charge < -0.3 is 9.32 Å². The number of hydrogen-bond acceptors (Lipinski definition) is 3. The van der Waals surface area contributed by atoms with Crippen LogP contribution in [0.1, 0.15) is 39.0 Å². The molecule has 0 aliphatic rings. The second-order valence-corrected chi connectivity index (χ2v) is 7.04. The van der Waals surface area contributed by atoms with E-state index in [0.29, 0.717) is 5.71 Å². The van der Waals surface area contributed by atoms with Gasteiger partial charge in [0.05, 0.1) is 5.69 Å². The molecule has 3 nitrogen and oxygen atoms in total. The van der Waals surface area contributed by atoms with Gasteiger partial charge in [0.15, 0.2) is 5.58 Å². The molecule has 0 saturated heterocycles. The van der Waals surface area contributed by atoms with E-state index in [4.69, 9.17) is 4.42 Å². The van der Waals surface area contributed by atoms with Crippen molar-refractivity contribution in [2.24, 2.45) is 0 Å². The number of aryl methyl sites for hydroxylation is 2. The van der Waals surface area contributed by atoms with E-state index in [1.807, 2.05) is 19.9 Å². The summed E-state index contributed by atoms with van der Waals surface area (Å²) in [5, 5.41) is 2.19. The van der Waals surface area contributed by atoms with Crippen LogP contribution in [0.2, 0.25) is 0 Å². The first-order valence-electron chi connectivity index (χ1n) is 8.04. The first-order chi connectivity index (χ1) is 10.8. The first-order valence-corrected chi connectivity index (χ1v) is 8.04. The molecule has 0 bridgehead atoms. The third kappa shape index (κ3) is 2.61. The summed E-state index contributed by atoms with van der Waals surface area (Å²) in [6.07, 6.45) is 4.18. The Bertz CT molecular complexity index is 897. The minimum atomic E-state index is -0.0477. The monoisotopic (exact) mass is 308 g/mol. The standard InChI is InChI=1S/C20H24N2O/c1-7-12-22(20(4,5)6)17-13(2)8-10-15-16-11-9-14(3)21-19(16)23-18(15)17/h7-12H,1-6H3/b12-7-. The number of aromatic nitrogens is 1. The zero-order valence-electron chi connectivity index (χ0n) is 14.8. The summed E-state index contributed by atoms with van der Waals surface area (Å²) in [5.74, 6) is 0. The van der Waals surface area contributed by atoms with Gasteiger partial charge in [-0.1, -0.05) is 18.2 Å². The van der Waals surface area contributed by atoms with Gasteiger partial charge in [0, 0.05) is 28.2 Å². The molecule has 120 valence electrons. The van der Waals surface area contributed by atoms with Gasteiger partial charge in [-0.3, -0.25) is 0 Å². The number of fused-ring (bicyclic) bond motifs is 3. The van der Waals surface area contributed by atoms with Crippen LogP contribution in [0.25, 0.3) is 22.1 Å². The molecule has 3 heteroatoms. The predicted molar refractivity (Wildman–Crippen MR) is 98.0 cm³/mol. The van der Waals surface area contributed by atoms with Crippen LogP contribution in [0.15, 0.2) is 41.0 Å². The third-order valence-corrected chi connectivity index (χ3v) is 4.08. The normalized spacial score (nSPS) is 12.6. The molecule has 2 aromatic heterocycles. The molecule has 3 rings (SSSR count). The molecule has 0 aliphatic carbocycles.